The monoisotopic (exact) mass is 424 g/mol. The number of carbonyl (C=O) groups excluding carboxylic acids is 1. The summed E-state index contributed by atoms with van der Waals surface area (Å²) in [7, 11) is -4.66. The van der Waals surface area contributed by atoms with Gasteiger partial charge in [0.2, 0.25) is 0 Å². The molecule has 2 rings (SSSR count). The third-order valence-corrected chi connectivity index (χ3v) is 4.57. The van der Waals surface area contributed by atoms with Gasteiger partial charge in [-0.2, -0.15) is 21.6 Å². The molecule has 1 aliphatic heterocycles. The quantitative estimate of drug-likeness (QED) is 0.518. The van der Waals surface area contributed by atoms with E-state index in [0.29, 0.717) is 0 Å². The van der Waals surface area contributed by atoms with Gasteiger partial charge in [0.05, 0.1) is 10.6 Å². The third kappa shape index (κ3) is 5.51. The van der Waals surface area contributed by atoms with Gasteiger partial charge in [-0.1, -0.05) is 17.7 Å². The fourth-order valence-corrected chi connectivity index (χ4v) is 3.09. The normalized spacial score (nSPS) is 19.2. The number of carbonyl (C=O) groups is 1. The first-order chi connectivity index (χ1) is 11.4. The van der Waals surface area contributed by atoms with Crippen molar-refractivity contribution in [2.24, 2.45) is 0 Å². The standard InChI is InChI=1S/C13H12ClF3N2O5S.Na.H/c1-7(24-9-4-2-3-8(5-9)13(15,16)17)19-6-10(14)11(18-12(19)20)25(21,22)23;;/h2-7,11H,1H3,(H,18,20)(H,21,22,23);;/q;+1;-1. The molecule has 1 aromatic carbocycles. The molecule has 2 unspecified atom stereocenters. The van der Waals surface area contributed by atoms with Crippen LogP contribution in [-0.4, -0.2) is 35.5 Å². The van der Waals surface area contributed by atoms with Crippen LogP contribution in [0.4, 0.5) is 18.0 Å². The maximum atomic E-state index is 12.7. The molecule has 140 valence electrons. The number of urea groups is 1. The van der Waals surface area contributed by atoms with Crippen LogP contribution in [-0.2, 0) is 16.3 Å². The second kappa shape index (κ2) is 8.36. The molecule has 0 fully saturated rings. The van der Waals surface area contributed by atoms with Crippen molar-refractivity contribution in [3.05, 3.63) is 41.1 Å². The van der Waals surface area contributed by atoms with Crippen molar-refractivity contribution in [1.29, 1.82) is 0 Å². The minimum atomic E-state index is -4.66. The van der Waals surface area contributed by atoms with E-state index in [1.54, 1.807) is 0 Å². The summed E-state index contributed by atoms with van der Waals surface area (Å²) in [5.41, 5.74) is -0.930. The van der Waals surface area contributed by atoms with Crippen LogP contribution in [0.2, 0.25) is 0 Å². The van der Waals surface area contributed by atoms with Gasteiger partial charge in [0.15, 0.2) is 11.6 Å². The number of hydrogen-bond acceptors (Lipinski definition) is 4. The number of amides is 2. The van der Waals surface area contributed by atoms with Crippen molar-refractivity contribution in [3.8, 4) is 5.75 Å². The van der Waals surface area contributed by atoms with E-state index in [1.165, 1.54) is 13.0 Å². The first-order valence-electron chi connectivity index (χ1n) is 6.66. The van der Waals surface area contributed by atoms with Crippen LogP contribution in [0.3, 0.4) is 0 Å². The minimum absolute atomic E-state index is 0. The smallest absolute Gasteiger partial charge is 1.00 e. The molecule has 1 aromatic rings. The zero-order chi connectivity index (χ0) is 19.0. The molecular formula is C13H13ClF3N2NaO5S. The Labute approximate surface area is 175 Å². The van der Waals surface area contributed by atoms with Crippen LogP contribution in [0.1, 0.15) is 13.9 Å². The number of nitrogens with one attached hydrogen (secondary N) is 1. The van der Waals surface area contributed by atoms with E-state index in [0.717, 1.165) is 29.3 Å². The molecule has 13 heteroatoms. The Bertz CT molecular complexity index is 824. The fraction of sp³-hybridized carbons (Fsp3) is 0.308. The van der Waals surface area contributed by atoms with Crippen molar-refractivity contribution < 1.29 is 66.7 Å². The predicted molar refractivity (Wildman–Crippen MR) is 82.3 cm³/mol. The molecule has 0 saturated heterocycles. The molecule has 1 heterocycles. The van der Waals surface area contributed by atoms with Gasteiger partial charge in [-0.15, -0.1) is 0 Å². The van der Waals surface area contributed by atoms with Gasteiger partial charge < -0.3 is 11.5 Å². The Balaban J connectivity index is 0.00000338. The summed E-state index contributed by atoms with van der Waals surface area (Å²) < 4.78 is 74.5. The van der Waals surface area contributed by atoms with E-state index in [-0.39, 0.29) is 36.7 Å². The number of halogens is 4. The van der Waals surface area contributed by atoms with Gasteiger partial charge in [0.1, 0.15) is 5.75 Å². The van der Waals surface area contributed by atoms with Gasteiger partial charge in [0.25, 0.3) is 10.1 Å². The van der Waals surface area contributed by atoms with Gasteiger partial charge in [-0.05, 0) is 25.1 Å². The van der Waals surface area contributed by atoms with Crippen LogP contribution in [0.25, 0.3) is 0 Å². The van der Waals surface area contributed by atoms with E-state index >= 15 is 0 Å². The number of benzene rings is 1. The Kier molecular flexibility index (Phi) is 7.41. The summed E-state index contributed by atoms with van der Waals surface area (Å²) in [5.74, 6) is -0.156. The summed E-state index contributed by atoms with van der Waals surface area (Å²) in [4.78, 5) is 12.8. The largest absolute Gasteiger partial charge is 1.00 e. The first-order valence-corrected chi connectivity index (χ1v) is 8.54. The zero-order valence-electron chi connectivity index (χ0n) is 14.5. The predicted octanol–water partition coefficient (Wildman–Crippen LogP) is -0.134. The SMILES string of the molecule is CC(Oc1cccc(C(F)(F)F)c1)N1C=C(Cl)C(S(=O)(=O)O)NC1=O.[H-].[Na+]. The fourth-order valence-electron chi connectivity index (χ4n) is 2.00. The molecular weight excluding hydrogens is 412 g/mol. The molecule has 1 aliphatic rings. The van der Waals surface area contributed by atoms with Crippen LogP contribution in [0.5, 0.6) is 5.75 Å². The van der Waals surface area contributed by atoms with Gasteiger partial charge >= 0.3 is 41.8 Å². The van der Waals surface area contributed by atoms with E-state index < -0.39 is 44.5 Å². The molecule has 0 spiro atoms. The molecule has 0 saturated carbocycles. The molecule has 26 heavy (non-hydrogen) atoms. The van der Waals surface area contributed by atoms with Crippen molar-refractivity contribution >= 4 is 27.8 Å². The van der Waals surface area contributed by atoms with E-state index in [4.69, 9.17) is 20.9 Å². The molecule has 2 amide bonds. The van der Waals surface area contributed by atoms with Crippen molar-refractivity contribution in [2.75, 3.05) is 0 Å². The minimum Gasteiger partial charge on any atom is -1.00 e. The Hall–Kier alpha value is -0.980. The number of rotatable bonds is 4. The second-order valence-electron chi connectivity index (χ2n) is 5.01. The molecule has 2 N–H and O–H groups in total. The molecule has 2 atom stereocenters. The molecule has 0 bridgehead atoms. The summed E-state index contributed by atoms with van der Waals surface area (Å²) in [6.45, 7) is 1.34. The van der Waals surface area contributed by atoms with Gasteiger partial charge in [0, 0.05) is 6.20 Å². The molecule has 0 aromatic heterocycles. The van der Waals surface area contributed by atoms with Crippen molar-refractivity contribution in [1.82, 2.24) is 10.2 Å². The third-order valence-electron chi connectivity index (χ3n) is 3.16. The zero-order valence-corrected chi connectivity index (χ0v) is 17.1. The molecule has 0 aliphatic carbocycles. The number of hydrogen-bond donors (Lipinski definition) is 2. The Morgan fingerprint density at radius 3 is 2.58 bits per heavy atom. The molecule has 7 nitrogen and oxygen atoms in total. The maximum absolute atomic E-state index is 12.7. The van der Waals surface area contributed by atoms with E-state index in [1.807, 2.05) is 5.32 Å². The van der Waals surface area contributed by atoms with E-state index in [2.05, 4.69) is 0 Å². The summed E-state index contributed by atoms with van der Waals surface area (Å²) in [6.07, 6.45) is -4.76. The summed E-state index contributed by atoms with van der Waals surface area (Å²) >= 11 is 5.72. The second-order valence-corrected chi connectivity index (χ2v) is 6.95. The first kappa shape index (κ1) is 23.1. The van der Waals surface area contributed by atoms with Gasteiger partial charge in [-0.25, -0.2) is 4.79 Å². The Morgan fingerprint density at radius 2 is 2.04 bits per heavy atom. The maximum Gasteiger partial charge on any atom is 1.00 e. The number of alkyl halides is 3. The van der Waals surface area contributed by atoms with Crippen LogP contribution in [0, 0.1) is 0 Å². The average molecular weight is 425 g/mol. The van der Waals surface area contributed by atoms with Crippen molar-refractivity contribution in [2.45, 2.75) is 24.7 Å². The van der Waals surface area contributed by atoms with Crippen LogP contribution < -0.4 is 39.6 Å². The van der Waals surface area contributed by atoms with Gasteiger partial charge in [-0.3, -0.25) is 9.45 Å². The topological polar surface area (TPSA) is 95.9 Å². The summed E-state index contributed by atoms with van der Waals surface area (Å²) in [5, 5.41) is -0.289. The molecule has 0 radical (unpaired) electrons. The number of ether oxygens (including phenoxy) is 1. The van der Waals surface area contributed by atoms with E-state index in [9.17, 15) is 26.4 Å². The summed E-state index contributed by atoms with van der Waals surface area (Å²) in [6, 6.07) is 3.05. The number of nitrogens with zero attached hydrogens (tertiary/aromatic N) is 1. The Morgan fingerprint density at radius 1 is 1.42 bits per heavy atom. The van der Waals surface area contributed by atoms with Crippen LogP contribution >= 0.6 is 11.6 Å². The average Bonchev–Trinajstić information content (AvgIpc) is 2.47. The van der Waals surface area contributed by atoms with Crippen LogP contribution in [0.15, 0.2) is 35.5 Å². The van der Waals surface area contributed by atoms with Crippen molar-refractivity contribution in [3.63, 3.8) is 0 Å².